The highest BCUT2D eigenvalue weighted by atomic mass is 32.2. The van der Waals surface area contributed by atoms with Crippen LogP contribution in [0.5, 0.6) is 5.75 Å². The fraction of sp³-hybridized carbons (Fsp3) is 0.417. The van der Waals surface area contributed by atoms with Crippen LogP contribution in [0.25, 0.3) is 10.2 Å². The summed E-state index contributed by atoms with van der Waals surface area (Å²) in [5, 5.41) is 1.14. The van der Waals surface area contributed by atoms with Crippen molar-refractivity contribution in [2.24, 2.45) is 0 Å². The summed E-state index contributed by atoms with van der Waals surface area (Å²) < 4.78 is 12.6. The normalized spacial score (nSPS) is 16.2. The topological polar surface area (TPSA) is 51.7 Å². The van der Waals surface area contributed by atoms with Crippen LogP contribution in [-0.2, 0) is 4.74 Å². The summed E-state index contributed by atoms with van der Waals surface area (Å²) in [5.74, 6) is 0.709. The van der Waals surface area contributed by atoms with E-state index < -0.39 is 0 Å². The number of thioether (sulfide) groups is 1. The van der Waals surface area contributed by atoms with E-state index in [4.69, 9.17) is 14.5 Å². The van der Waals surface area contributed by atoms with Crippen molar-refractivity contribution in [3.8, 4) is 5.75 Å². The Morgan fingerprint density at radius 2 is 2.16 bits per heavy atom. The molecular weight excluding hydrogens is 428 g/mol. The maximum absolute atomic E-state index is 13.7. The number of anilines is 1. The molecule has 0 spiro atoms. The highest BCUT2D eigenvalue weighted by Gasteiger charge is 2.27. The minimum atomic E-state index is -0.0428. The summed E-state index contributed by atoms with van der Waals surface area (Å²) in [4.78, 5) is 21.4. The molecule has 0 saturated carbocycles. The van der Waals surface area contributed by atoms with Gasteiger partial charge in [-0.15, -0.1) is 11.8 Å². The van der Waals surface area contributed by atoms with Crippen molar-refractivity contribution in [1.82, 2.24) is 4.98 Å². The first-order valence-electron chi connectivity index (χ1n) is 10.8. The summed E-state index contributed by atoms with van der Waals surface area (Å²) in [6.07, 6.45) is 2.03. The average molecular weight is 457 g/mol. The average Bonchev–Trinajstić information content (AvgIpc) is 3.41. The Morgan fingerprint density at radius 3 is 2.90 bits per heavy atom. The fourth-order valence-corrected chi connectivity index (χ4v) is 5.56. The monoisotopic (exact) mass is 456 g/mol. The van der Waals surface area contributed by atoms with E-state index in [0.717, 1.165) is 40.3 Å². The zero-order valence-corrected chi connectivity index (χ0v) is 19.8. The molecule has 1 atom stereocenters. The van der Waals surface area contributed by atoms with Crippen molar-refractivity contribution < 1.29 is 14.3 Å². The molecule has 0 radical (unpaired) electrons. The summed E-state index contributed by atoms with van der Waals surface area (Å²) in [7, 11) is 0. The van der Waals surface area contributed by atoms with Gasteiger partial charge in [0.05, 0.1) is 24.0 Å². The number of ether oxygens (including phenoxy) is 2. The molecule has 1 saturated heterocycles. The van der Waals surface area contributed by atoms with Crippen molar-refractivity contribution in [3.63, 3.8) is 0 Å². The van der Waals surface area contributed by atoms with Gasteiger partial charge in [0.25, 0.3) is 5.91 Å². The number of nitrogens with zero attached hydrogens (tertiary/aromatic N) is 2. The van der Waals surface area contributed by atoms with Crippen molar-refractivity contribution >= 4 is 44.4 Å². The molecule has 1 fully saturated rings. The second kappa shape index (κ2) is 10.0. The molecule has 1 amide bonds. The van der Waals surface area contributed by atoms with Gasteiger partial charge in [0, 0.05) is 22.3 Å². The third-order valence-electron chi connectivity index (χ3n) is 5.01. The molecule has 5 nitrogen and oxygen atoms in total. The Kier molecular flexibility index (Phi) is 7.15. The molecular formula is C24H28N2O3S2. The number of thiazole rings is 1. The molecule has 2 aromatic carbocycles. The molecule has 1 aromatic heterocycles. The maximum atomic E-state index is 13.7. The van der Waals surface area contributed by atoms with E-state index in [-0.39, 0.29) is 12.0 Å². The third kappa shape index (κ3) is 5.22. The van der Waals surface area contributed by atoms with Crippen LogP contribution in [0, 0.1) is 0 Å². The lowest BCUT2D eigenvalue weighted by Crippen LogP contribution is -2.37. The van der Waals surface area contributed by atoms with E-state index in [2.05, 4.69) is 19.9 Å². The van der Waals surface area contributed by atoms with E-state index in [1.165, 1.54) is 11.3 Å². The zero-order valence-electron chi connectivity index (χ0n) is 18.2. The van der Waals surface area contributed by atoms with Crippen LogP contribution in [0.2, 0.25) is 0 Å². The Balaban J connectivity index is 1.70. The van der Waals surface area contributed by atoms with E-state index in [1.807, 2.05) is 43.3 Å². The first-order chi connectivity index (χ1) is 15.0. The highest BCUT2D eigenvalue weighted by Crippen LogP contribution is 2.35. The maximum Gasteiger partial charge on any atom is 0.260 e. The van der Waals surface area contributed by atoms with Crippen molar-refractivity contribution in [2.45, 2.75) is 49.9 Å². The van der Waals surface area contributed by atoms with Gasteiger partial charge in [-0.2, -0.15) is 0 Å². The lowest BCUT2D eigenvalue weighted by Gasteiger charge is -2.23. The summed E-state index contributed by atoms with van der Waals surface area (Å²) in [6.45, 7) is 8.10. The lowest BCUT2D eigenvalue weighted by atomic mass is 10.2. The summed E-state index contributed by atoms with van der Waals surface area (Å²) in [6, 6.07) is 13.8. The predicted molar refractivity (Wildman–Crippen MR) is 129 cm³/mol. The SMILES string of the molecule is CCOc1cccc2sc(N(CC3CCCO3)C(=O)c3cccc(SC(C)C)c3)nc12. The molecule has 0 N–H and O–H groups in total. The van der Waals surface area contributed by atoms with E-state index in [0.29, 0.717) is 29.1 Å². The second-order valence-corrected chi connectivity index (χ2v) is 10.4. The van der Waals surface area contributed by atoms with E-state index in [1.54, 1.807) is 16.7 Å². The number of rotatable bonds is 8. The predicted octanol–water partition coefficient (Wildman–Crippen LogP) is 6.02. The fourth-order valence-electron chi connectivity index (χ4n) is 3.67. The van der Waals surface area contributed by atoms with E-state index >= 15 is 0 Å². The number of hydrogen-bond donors (Lipinski definition) is 0. The molecule has 3 aromatic rings. The minimum absolute atomic E-state index is 0.0375. The van der Waals surface area contributed by atoms with Gasteiger partial charge in [0.2, 0.25) is 0 Å². The molecule has 7 heteroatoms. The number of carbonyl (C=O) groups excluding carboxylic acids is 1. The van der Waals surface area contributed by atoms with Gasteiger partial charge in [-0.1, -0.05) is 37.3 Å². The van der Waals surface area contributed by atoms with Gasteiger partial charge >= 0.3 is 0 Å². The second-order valence-electron chi connectivity index (χ2n) is 7.78. The quantitative estimate of drug-likeness (QED) is 0.388. The highest BCUT2D eigenvalue weighted by molar-refractivity contribution is 7.99. The standard InChI is InChI=1S/C24H28N2O3S2/c1-4-28-20-11-6-12-21-22(20)25-24(31-21)26(15-18-9-7-13-29-18)23(27)17-8-5-10-19(14-17)30-16(2)3/h5-6,8,10-12,14,16,18H,4,7,9,13,15H2,1-3H3. The van der Waals surface area contributed by atoms with Crippen LogP contribution >= 0.6 is 23.1 Å². The van der Waals surface area contributed by atoms with Gasteiger partial charge < -0.3 is 9.47 Å². The number of carbonyl (C=O) groups is 1. The third-order valence-corrected chi connectivity index (χ3v) is 7.05. The van der Waals surface area contributed by atoms with Crippen LogP contribution in [0.1, 0.15) is 44.0 Å². The number of para-hydroxylation sites is 1. The van der Waals surface area contributed by atoms with Crippen molar-refractivity contribution in [3.05, 3.63) is 48.0 Å². The number of fused-ring (bicyclic) bond motifs is 1. The molecule has 1 aliphatic rings. The molecule has 1 aliphatic heterocycles. The van der Waals surface area contributed by atoms with Gasteiger partial charge in [-0.3, -0.25) is 9.69 Å². The van der Waals surface area contributed by atoms with Crippen LogP contribution in [0.15, 0.2) is 47.4 Å². The van der Waals surface area contributed by atoms with Gasteiger partial charge in [0.1, 0.15) is 11.3 Å². The molecule has 1 unspecified atom stereocenters. The zero-order chi connectivity index (χ0) is 21.8. The number of hydrogen-bond acceptors (Lipinski definition) is 6. The van der Waals surface area contributed by atoms with Crippen molar-refractivity contribution in [1.29, 1.82) is 0 Å². The molecule has 2 heterocycles. The van der Waals surface area contributed by atoms with Gasteiger partial charge in [-0.05, 0) is 50.1 Å². The Bertz CT molecular complexity index is 1040. The molecule has 0 bridgehead atoms. The van der Waals surface area contributed by atoms with Crippen LogP contribution in [0.4, 0.5) is 5.13 Å². The lowest BCUT2D eigenvalue weighted by molar-refractivity contribution is 0.0917. The first-order valence-corrected chi connectivity index (χ1v) is 12.5. The molecule has 31 heavy (non-hydrogen) atoms. The minimum Gasteiger partial charge on any atom is -0.492 e. The smallest absolute Gasteiger partial charge is 0.260 e. The number of amides is 1. The summed E-state index contributed by atoms with van der Waals surface area (Å²) >= 11 is 3.28. The number of aromatic nitrogens is 1. The first kappa shape index (κ1) is 22.1. The van der Waals surface area contributed by atoms with Crippen molar-refractivity contribution in [2.75, 3.05) is 24.7 Å². The largest absolute Gasteiger partial charge is 0.492 e. The van der Waals surface area contributed by atoms with Crippen LogP contribution < -0.4 is 9.64 Å². The van der Waals surface area contributed by atoms with E-state index in [9.17, 15) is 4.79 Å². The summed E-state index contributed by atoms with van der Waals surface area (Å²) in [5.41, 5.74) is 1.48. The Hall–Kier alpha value is -2.09. The Labute approximate surface area is 191 Å². The van der Waals surface area contributed by atoms with Gasteiger partial charge in [0.15, 0.2) is 5.13 Å². The molecule has 4 rings (SSSR count). The number of benzene rings is 2. The van der Waals surface area contributed by atoms with Crippen LogP contribution in [-0.4, -0.2) is 42.0 Å². The van der Waals surface area contributed by atoms with Crippen LogP contribution in [0.3, 0.4) is 0 Å². The van der Waals surface area contributed by atoms with Gasteiger partial charge in [-0.25, -0.2) is 4.98 Å². The molecule has 164 valence electrons. The molecule has 0 aliphatic carbocycles. The Morgan fingerprint density at radius 1 is 1.32 bits per heavy atom.